The number of unbranched alkanes of at least 4 members (excludes halogenated alkanes) is 1. The molecule has 1 saturated heterocycles. The lowest BCUT2D eigenvalue weighted by Gasteiger charge is -2.38. The van der Waals surface area contributed by atoms with Crippen LogP contribution in [-0.2, 0) is 19.1 Å². The molecule has 0 aromatic carbocycles. The van der Waals surface area contributed by atoms with Crippen LogP contribution in [0.25, 0.3) is 0 Å². The maximum atomic E-state index is 12.5. The van der Waals surface area contributed by atoms with Crippen LogP contribution in [0, 0.1) is 0 Å². The van der Waals surface area contributed by atoms with E-state index in [9.17, 15) is 14.4 Å². The third-order valence-electron chi connectivity index (χ3n) is 4.64. The van der Waals surface area contributed by atoms with Gasteiger partial charge in [0.05, 0.1) is 7.11 Å². The summed E-state index contributed by atoms with van der Waals surface area (Å²) in [6.07, 6.45) is 4.53. The number of nitrogens with zero attached hydrogens (tertiary/aromatic N) is 2. The Bertz CT molecular complexity index is 442. The highest BCUT2D eigenvalue weighted by Gasteiger charge is 2.33. The zero-order chi connectivity index (χ0) is 18.2. The van der Waals surface area contributed by atoms with E-state index in [0.29, 0.717) is 38.6 Å². The average Bonchev–Trinajstić information content (AvgIpc) is 3.05. The number of rotatable bonds is 9. The minimum atomic E-state index is -0.492. The lowest BCUT2D eigenvalue weighted by molar-refractivity contribution is -0.142. The predicted octanol–water partition coefficient (Wildman–Crippen LogP) is 2.36. The molecule has 0 N–H and O–H groups in total. The Labute approximate surface area is 145 Å². The molecule has 0 atom stereocenters. The number of ether oxygens (including phenoxy) is 1. The molecule has 0 aromatic rings. The molecule has 0 aromatic heterocycles. The van der Waals surface area contributed by atoms with Gasteiger partial charge in [-0.3, -0.25) is 14.4 Å². The van der Waals surface area contributed by atoms with E-state index in [1.54, 1.807) is 4.90 Å². The van der Waals surface area contributed by atoms with Gasteiger partial charge in [0.2, 0.25) is 11.8 Å². The van der Waals surface area contributed by atoms with Crippen molar-refractivity contribution >= 4 is 17.8 Å². The number of hydrogen-bond donors (Lipinski definition) is 0. The largest absolute Gasteiger partial charge is 0.469 e. The van der Waals surface area contributed by atoms with Crippen molar-refractivity contribution in [3.05, 3.63) is 0 Å². The van der Waals surface area contributed by atoms with Crippen molar-refractivity contribution in [3.8, 4) is 0 Å². The van der Waals surface area contributed by atoms with E-state index in [0.717, 1.165) is 25.9 Å². The second-order valence-electron chi connectivity index (χ2n) is 7.00. The maximum Gasteiger partial charge on any atom is 0.305 e. The molecule has 0 radical (unpaired) electrons. The summed E-state index contributed by atoms with van der Waals surface area (Å²) in [5.74, 6) is -0.0673. The first-order valence-electron chi connectivity index (χ1n) is 8.97. The Hall–Kier alpha value is -1.59. The van der Waals surface area contributed by atoms with E-state index in [2.05, 4.69) is 4.74 Å². The van der Waals surface area contributed by atoms with Gasteiger partial charge in [0, 0.05) is 44.4 Å². The molecule has 1 heterocycles. The minimum absolute atomic E-state index is 0.0431. The number of amides is 2. The summed E-state index contributed by atoms with van der Waals surface area (Å²) in [6, 6.07) is 0. The smallest absolute Gasteiger partial charge is 0.305 e. The Kier molecular flexibility index (Phi) is 8.22. The normalized spacial score (nSPS) is 14.6. The zero-order valence-electron chi connectivity index (χ0n) is 15.6. The molecule has 0 aliphatic carbocycles. The van der Waals surface area contributed by atoms with Gasteiger partial charge < -0.3 is 14.5 Å². The molecule has 1 rings (SSSR count). The molecular formula is C18H32N2O4. The molecule has 1 fully saturated rings. The average molecular weight is 340 g/mol. The molecule has 0 unspecified atom stereocenters. The first kappa shape index (κ1) is 20.5. The summed E-state index contributed by atoms with van der Waals surface area (Å²) < 4.78 is 4.60. The van der Waals surface area contributed by atoms with Crippen LogP contribution in [0.15, 0.2) is 0 Å². The highest BCUT2D eigenvalue weighted by atomic mass is 16.5. The molecule has 0 saturated carbocycles. The van der Waals surface area contributed by atoms with Gasteiger partial charge in [0.25, 0.3) is 0 Å². The Balaban J connectivity index is 2.50. The van der Waals surface area contributed by atoms with Crippen molar-refractivity contribution < 1.29 is 19.1 Å². The van der Waals surface area contributed by atoms with Crippen molar-refractivity contribution in [2.24, 2.45) is 0 Å². The van der Waals surface area contributed by atoms with Gasteiger partial charge in [-0.2, -0.15) is 0 Å². The SMILES string of the molecule is CCN(C(=O)CCCCC(=O)OC)C(C)(C)CC(=O)N1CCCC1. The first-order chi connectivity index (χ1) is 11.3. The molecule has 0 spiro atoms. The van der Waals surface area contributed by atoms with Gasteiger partial charge >= 0.3 is 5.97 Å². The van der Waals surface area contributed by atoms with Gasteiger partial charge in [0.15, 0.2) is 0 Å². The van der Waals surface area contributed by atoms with Crippen molar-refractivity contribution in [1.82, 2.24) is 9.80 Å². The first-order valence-corrected chi connectivity index (χ1v) is 8.97. The summed E-state index contributed by atoms with van der Waals surface area (Å²) >= 11 is 0. The second-order valence-corrected chi connectivity index (χ2v) is 7.00. The predicted molar refractivity (Wildman–Crippen MR) is 92.4 cm³/mol. The number of esters is 1. The summed E-state index contributed by atoms with van der Waals surface area (Å²) in [4.78, 5) is 39.7. The topological polar surface area (TPSA) is 66.9 Å². The van der Waals surface area contributed by atoms with E-state index in [4.69, 9.17) is 0 Å². The lowest BCUT2D eigenvalue weighted by Crippen LogP contribution is -2.50. The van der Waals surface area contributed by atoms with Gasteiger partial charge in [0.1, 0.15) is 0 Å². The van der Waals surface area contributed by atoms with Crippen LogP contribution in [0.3, 0.4) is 0 Å². The Morgan fingerprint density at radius 3 is 2.21 bits per heavy atom. The van der Waals surface area contributed by atoms with Crippen LogP contribution in [0.1, 0.15) is 65.7 Å². The van der Waals surface area contributed by atoms with Crippen molar-refractivity contribution in [2.75, 3.05) is 26.7 Å². The molecule has 6 nitrogen and oxygen atoms in total. The molecule has 24 heavy (non-hydrogen) atoms. The molecule has 1 aliphatic heterocycles. The van der Waals surface area contributed by atoms with Gasteiger partial charge in [-0.1, -0.05) is 0 Å². The standard InChI is InChI=1S/C18H32N2O4/c1-5-20(15(21)10-6-7-11-17(23)24-4)18(2,3)14-16(22)19-12-8-9-13-19/h5-14H2,1-4H3. The van der Waals surface area contributed by atoms with Crippen LogP contribution >= 0.6 is 0 Å². The van der Waals surface area contributed by atoms with Crippen molar-refractivity contribution in [2.45, 2.75) is 71.3 Å². The molecule has 0 bridgehead atoms. The summed E-state index contributed by atoms with van der Waals surface area (Å²) in [5.41, 5.74) is -0.492. The highest BCUT2D eigenvalue weighted by Crippen LogP contribution is 2.23. The number of carbonyl (C=O) groups excluding carboxylic acids is 3. The number of hydrogen-bond acceptors (Lipinski definition) is 4. The van der Waals surface area contributed by atoms with E-state index < -0.39 is 5.54 Å². The fourth-order valence-electron chi connectivity index (χ4n) is 3.27. The van der Waals surface area contributed by atoms with Crippen LogP contribution in [-0.4, -0.2) is 59.9 Å². The van der Waals surface area contributed by atoms with Crippen molar-refractivity contribution in [1.29, 1.82) is 0 Å². The van der Waals surface area contributed by atoms with E-state index in [-0.39, 0.29) is 17.8 Å². The van der Waals surface area contributed by atoms with E-state index in [1.807, 2.05) is 25.7 Å². The van der Waals surface area contributed by atoms with Crippen molar-refractivity contribution in [3.63, 3.8) is 0 Å². The Morgan fingerprint density at radius 2 is 1.67 bits per heavy atom. The highest BCUT2D eigenvalue weighted by molar-refractivity contribution is 5.81. The fraction of sp³-hybridized carbons (Fsp3) is 0.833. The zero-order valence-corrected chi connectivity index (χ0v) is 15.6. The molecule has 138 valence electrons. The van der Waals surface area contributed by atoms with E-state index >= 15 is 0 Å². The quantitative estimate of drug-likeness (QED) is 0.477. The number of methoxy groups -OCH3 is 1. The van der Waals surface area contributed by atoms with Gasteiger partial charge in [-0.05, 0) is 46.5 Å². The number of likely N-dealkylation sites (tertiary alicyclic amines) is 1. The maximum absolute atomic E-state index is 12.5. The monoisotopic (exact) mass is 340 g/mol. The molecular weight excluding hydrogens is 308 g/mol. The summed E-state index contributed by atoms with van der Waals surface area (Å²) in [5, 5.41) is 0. The minimum Gasteiger partial charge on any atom is -0.469 e. The fourth-order valence-corrected chi connectivity index (χ4v) is 3.27. The second kappa shape index (κ2) is 9.64. The molecule has 1 aliphatic rings. The van der Waals surface area contributed by atoms with Crippen LogP contribution in [0.4, 0.5) is 0 Å². The van der Waals surface area contributed by atoms with Gasteiger partial charge in [-0.15, -0.1) is 0 Å². The van der Waals surface area contributed by atoms with Crippen LogP contribution < -0.4 is 0 Å². The molecule has 6 heteroatoms. The molecule has 2 amide bonds. The van der Waals surface area contributed by atoms with Crippen LogP contribution in [0.2, 0.25) is 0 Å². The number of carbonyl (C=O) groups is 3. The third kappa shape index (κ3) is 6.13. The summed E-state index contributed by atoms with van der Waals surface area (Å²) in [6.45, 7) is 8.10. The lowest BCUT2D eigenvalue weighted by atomic mass is 9.96. The van der Waals surface area contributed by atoms with Gasteiger partial charge in [-0.25, -0.2) is 0 Å². The van der Waals surface area contributed by atoms with Crippen LogP contribution in [0.5, 0.6) is 0 Å². The summed E-state index contributed by atoms with van der Waals surface area (Å²) in [7, 11) is 1.37. The third-order valence-corrected chi connectivity index (χ3v) is 4.64. The van der Waals surface area contributed by atoms with E-state index in [1.165, 1.54) is 7.11 Å². The Morgan fingerprint density at radius 1 is 1.08 bits per heavy atom.